The Morgan fingerprint density at radius 1 is 0.264 bits per heavy atom. The summed E-state index contributed by atoms with van der Waals surface area (Å²) in [4.78, 5) is 0. The van der Waals surface area contributed by atoms with E-state index in [1.165, 1.54) is 302 Å². The molecule has 0 N–H and O–H groups in total. The van der Waals surface area contributed by atoms with Crippen LogP contribution in [0.5, 0.6) is 0 Å². The van der Waals surface area contributed by atoms with Gasteiger partial charge in [-0.15, -0.1) is 0 Å². The third-order valence-electron chi connectivity index (χ3n) is 30.6. The number of hydrogen-bond acceptors (Lipinski definition) is 0. The number of hydrogen-bond donors (Lipinski definition) is 0. The van der Waals surface area contributed by atoms with Crippen molar-refractivity contribution in [2.45, 2.75) is 331 Å². The summed E-state index contributed by atoms with van der Waals surface area (Å²) in [6.45, 7) is 22.8. The van der Waals surface area contributed by atoms with Crippen molar-refractivity contribution in [1.29, 1.82) is 0 Å². The number of rotatable bonds is 14. The lowest BCUT2D eigenvalue weighted by Gasteiger charge is -2.30. The van der Waals surface area contributed by atoms with Gasteiger partial charge < -0.3 is 0 Å². The Hall–Kier alpha value is -5.80. The summed E-state index contributed by atoms with van der Waals surface area (Å²) in [6.07, 6.45) is 56.2. The minimum atomic E-state index is -1.45. The van der Waals surface area contributed by atoms with Crippen LogP contribution in [0.2, 0.25) is 55.9 Å². The topological polar surface area (TPSA) is 11.6 Å². The third kappa shape index (κ3) is 15.6. The molecule has 9 aromatic rings. The van der Waals surface area contributed by atoms with Gasteiger partial charge in [0.05, 0.1) is 51.5 Å². The fraction of sp³-hybridized carbons (Fsp3) is 0.550. The van der Waals surface area contributed by atoms with Crippen LogP contribution in [-0.4, -0.2) is 24.2 Å². The molecule has 8 aliphatic rings. The van der Waals surface area contributed by atoms with Crippen LogP contribution in [-0.2, 0) is 21.1 Å². The van der Waals surface area contributed by atoms with Gasteiger partial charge in [-0.3, -0.25) is 0 Å². The van der Waals surface area contributed by atoms with E-state index < -0.39 is 24.2 Å². The highest BCUT2D eigenvalue weighted by molar-refractivity contribution is 6.92. The van der Waals surface area contributed by atoms with Crippen molar-refractivity contribution < 1.29 is 13.7 Å². The number of fused-ring (bicyclic) bond motifs is 3. The lowest BCUT2D eigenvalue weighted by Crippen LogP contribution is -2.45. The van der Waals surface area contributed by atoms with Crippen molar-refractivity contribution in [2.24, 2.45) is 21.1 Å². The third-order valence-corrected chi connectivity index (χ3v) is 43.8. The van der Waals surface area contributed by atoms with E-state index in [1.807, 2.05) is 0 Å². The van der Waals surface area contributed by atoms with Crippen LogP contribution in [0.25, 0.3) is 66.1 Å². The molecule has 6 heteroatoms. The summed E-state index contributed by atoms with van der Waals surface area (Å²) in [5.41, 5.74) is 24.1. The fourth-order valence-corrected chi connectivity index (χ4v) is 33.3. The van der Waals surface area contributed by atoms with Crippen LogP contribution in [0.4, 0.5) is 0 Å². The van der Waals surface area contributed by atoms with E-state index in [1.54, 1.807) is 48.9 Å². The zero-order valence-electron chi connectivity index (χ0n) is 68.4. The van der Waals surface area contributed by atoms with E-state index in [9.17, 15) is 0 Å². The Kier molecular flexibility index (Phi) is 23.3. The van der Waals surface area contributed by atoms with Crippen LogP contribution in [0.1, 0.15) is 299 Å². The zero-order chi connectivity index (χ0) is 73.4. The molecule has 8 aliphatic carbocycles. The van der Waals surface area contributed by atoms with Crippen molar-refractivity contribution in [2.75, 3.05) is 0 Å². The predicted octanol–water partition coefficient (Wildman–Crippen LogP) is 26.0. The van der Waals surface area contributed by atoms with Crippen molar-refractivity contribution >= 4 is 72.1 Å². The molecular weight excluding hydrogens is 1330 g/mol. The standard InChI is InChI=1S/C36H50NSi.C34H46NSi.C30H40NSi/c1-26-34(28-15-9-6-10-16-28)24-30(27-13-7-5-8-14-27)25-35(26)36-33-20-19-32(23-29(33)21-22-37(36)2)38(3,4)31-17-11-12-18-31;1-24-32(26-13-7-8-14-26)22-28(25-11-5-6-12-25)23-33(24)34-31-18-17-30(21-27(31)19-20-35(34)2)36(3,4)29-15-9-10-16-29;1-22-14-15-24(23-10-6-5-7-11-23)21-29(22)30-28-17-16-27(20-25(28)18-19-31(30)2)32(3,4)26-12-8-9-13-26/h19-25,27-28,31H,5-18H2,1-4H3;17-23,25-26,29H,5-16H2,1-4H3;14-21,23,26H,5-13H2,1-4H3/q3*+1. The Balaban J connectivity index is 0.000000128. The van der Waals surface area contributed by atoms with Gasteiger partial charge in [-0.25, -0.2) is 13.7 Å². The van der Waals surface area contributed by atoms with Crippen LogP contribution >= 0.6 is 0 Å². The van der Waals surface area contributed by atoms with Gasteiger partial charge in [0, 0.05) is 23.8 Å². The second-order valence-electron chi connectivity index (χ2n) is 37.9. The summed E-state index contributed by atoms with van der Waals surface area (Å²) < 4.78 is 7.16. The van der Waals surface area contributed by atoms with E-state index in [2.05, 4.69) is 229 Å². The molecule has 0 bridgehead atoms. The van der Waals surface area contributed by atoms with E-state index in [4.69, 9.17) is 0 Å². The van der Waals surface area contributed by atoms with Crippen LogP contribution in [0.15, 0.2) is 134 Å². The first-order valence-electron chi connectivity index (χ1n) is 44.0. The molecule has 0 atom stereocenters. The molecule has 0 spiro atoms. The van der Waals surface area contributed by atoms with E-state index in [0.717, 1.165) is 46.2 Å². The molecule has 3 nitrogen and oxygen atoms in total. The lowest BCUT2D eigenvalue weighted by molar-refractivity contribution is -0.659. The van der Waals surface area contributed by atoms with E-state index in [0.29, 0.717) is 0 Å². The lowest BCUT2D eigenvalue weighted by atomic mass is 9.76. The average Bonchev–Trinajstić information content (AvgIpc) is 0.819. The number of aromatic nitrogens is 3. The molecule has 106 heavy (non-hydrogen) atoms. The highest BCUT2D eigenvalue weighted by atomic mass is 28.3. The minimum Gasteiger partial charge on any atom is -0.200 e. The van der Waals surface area contributed by atoms with Gasteiger partial charge in [0.1, 0.15) is 21.1 Å². The molecule has 8 fully saturated rings. The van der Waals surface area contributed by atoms with Crippen molar-refractivity contribution in [3.63, 3.8) is 0 Å². The highest BCUT2D eigenvalue weighted by Gasteiger charge is 2.40. The molecular formula is C100H136N3Si3+3. The van der Waals surface area contributed by atoms with Gasteiger partial charge in [-0.1, -0.05) is 276 Å². The van der Waals surface area contributed by atoms with E-state index in [-0.39, 0.29) is 0 Å². The smallest absolute Gasteiger partial charge is 0.200 e. The maximum atomic E-state index is 2.67. The molecule has 3 aromatic heterocycles. The molecule has 8 saturated carbocycles. The highest BCUT2D eigenvalue weighted by Crippen LogP contribution is 2.48. The predicted molar refractivity (Wildman–Crippen MR) is 464 cm³/mol. The molecule has 17 rings (SSSR count). The van der Waals surface area contributed by atoms with Gasteiger partial charge in [0.2, 0.25) is 17.1 Å². The summed E-state index contributed by atoms with van der Waals surface area (Å²) >= 11 is 0. The van der Waals surface area contributed by atoms with Crippen LogP contribution in [0, 0.1) is 20.8 Å². The summed E-state index contributed by atoms with van der Waals surface area (Å²) in [6, 6.07) is 47.6. The maximum absolute atomic E-state index is 2.67. The van der Waals surface area contributed by atoms with Crippen molar-refractivity contribution in [1.82, 2.24) is 0 Å². The largest absolute Gasteiger partial charge is 0.220 e. The Morgan fingerprint density at radius 3 is 0.868 bits per heavy atom. The Bertz CT molecular complexity index is 4580. The Morgan fingerprint density at radius 2 is 0.538 bits per heavy atom. The number of aryl methyl sites for hydroxylation is 4. The van der Waals surface area contributed by atoms with Gasteiger partial charge >= 0.3 is 0 Å². The number of pyridine rings is 3. The normalized spacial score (nSPS) is 19.8. The van der Waals surface area contributed by atoms with Gasteiger partial charge in [0.25, 0.3) is 0 Å². The molecule has 560 valence electrons. The zero-order valence-corrected chi connectivity index (χ0v) is 71.4. The number of nitrogens with zero attached hydrogens (tertiary/aromatic N) is 3. The van der Waals surface area contributed by atoms with E-state index >= 15 is 0 Å². The van der Waals surface area contributed by atoms with Gasteiger partial charge in [-0.05, 0) is 228 Å². The Labute approximate surface area is 645 Å². The van der Waals surface area contributed by atoms with Crippen molar-refractivity contribution in [3.8, 4) is 33.8 Å². The second-order valence-corrected chi connectivity index (χ2v) is 52.5. The van der Waals surface area contributed by atoms with Crippen LogP contribution in [0.3, 0.4) is 0 Å². The summed E-state index contributed by atoms with van der Waals surface area (Å²) in [7, 11) is 2.42. The summed E-state index contributed by atoms with van der Waals surface area (Å²) in [5, 5.41) is 13.5. The SMILES string of the molecule is Cc1c(-c2c3ccc([Si](C)(C)C4CCCC4)cc3cc[n+]2C)cc(C2CCCC2)cc1C1CCCC1.Cc1c(-c2c3ccc([Si](C)(C)C4CCCC4)cc3cc[n+]2C)cc(C2CCCCC2)cc1C1CCCCC1.Cc1ccc(C2CCCCC2)cc1-c1c2ccc([Si](C)(C)C3CCCC3)cc2cc[n+]1C. The monoisotopic (exact) mass is 1460 g/mol. The van der Waals surface area contributed by atoms with Crippen LogP contribution < -0.4 is 29.3 Å². The fourth-order valence-electron chi connectivity index (χ4n) is 23.2. The molecule has 3 heterocycles. The molecule has 0 saturated heterocycles. The molecule has 0 unspecified atom stereocenters. The van der Waals surface area contributed by atoms with Crippen molar-refractivity contribution in [3.05, 3.63) is 178 Å². The molecule has 0 radical (unpaired) electrons. The molecule has 0 amide bonds. The summed E-state index contributed by atoms with van der Waals surface area (Å²) in [5.74, 6) is 3.75. The van der Waals surface area contributed by atoms with Gasteiger partial charge in [-0.2, -0.15) is 0 Å². The quantitative estimate of drug-likeness (QED) is 0.0760. The first-order valence-corrected chi connectivity index (χ1v) is 53.2. The van der Waals surface area contributed by atoms with Gasteiger partial charge in [0.15, 0.2) is 18.6 Å². The molecule has 6 aromatic carbocycles. The second kappa shape index (κ2) is 32.6. The maximum Gasteiger partial charge on any atom is 0.220 e. The average molecular weight is 1460 g/mol. The minimum absolute atomic E-state index is 0.744. The molecule has 0 aliphatic heterocycles. The number of benzene rings is 6. The first kappa shape index (κ1) is 75.6. The first-order chi connectivity index (χ1) is 51.3.